The molecule has 6 nitrogen and oxygen atoms in total. The standard InChI is InChI=1S/C13H15N5O/c1-8(2)16-12(19)7-18-11-5-9(6-14)3-4-10(11)17-13(18)15/h3-5,8H,7H2,1-2H3,(H2,15,17)(H,16,19). The van der Waals surface area contributed by atoms with Crippen LogP contribution in [0.5, 0.6) is 0 Å². The average Bonchev–Trinajstić information content (AvgIpc) is 2.64. The first-order valence-electron chi connectivity index (χ1n) is 5.96. The van der Waals surface area contributed by atoms with Gasteiger partial charge in [-0.3, -0.25) is 4.79 Å². The Bertz CT molecular complexity index is 665. The molecule has 0 saturated carbocycles. The van der Waals surface area contributed by atoms with E-state index in [0.717, 1.165) is 0 Å². The summed E-state index contributed by atoms with van der Waals surface area (Å²) in [4.78, 5) is 16.0. The molecule has 0 unspecified atom stereocenters. The lowest BCUT2D eigenvalue weighted by atomic mass is 10.2. The van der Waals surface area contributed by atoms with Crippen LogP contribution < -0.4 is 11.1 Å². The number of aromatic nitrogens is 2. The molecule has 0 aliphatic carbocycles. The number of nitriles is 1. The minimum absolute atomic E-state index is 0.0678. The quantitative estimate of drug-likeness (QED) is 0.857. The lowest BCUT2D eigenvalue weighted by molar-refractivity contribution is -0.122. The number of hydrogen-bond donors (Lipinski definition) is 2. The zero-order valence-corrected chi connectivity index (χ0v) is 10.8. The number of carbonyl (C=O) groups is 1. The van der Waals surface area contributed by atoms with Gasteiger partial charge in [-0.25, -0.2) is 4.98 Å². The van der Waals surface area contributed by atoms with Crippen LogP contribution in [-0.4, -0.2) is 21.5 Å². The van der Waals surface area contributed by atoms with Crippen LogP contribution in [0.1, 0.15) is 19.4 Å². The molecule has 1 aromatic carbocycles. The summed E-state index contributed by atoms with van der Waals surface area (Å²) in [6.45, 7) is 3.87. The third-order valence-electron chi connectivity index (χ3n) is 2.66. The molecule has 0 radical (unpaired) electrons. The Kier molecular flexibility index (Phi) is 3.38. The van der Waals surface area contributed by atoms with Gasteiger partial charge < -0.3 is 15.6 Å². The van der Waals surface area contributed by atoms with Crippen LogP contribution in [0.3, 0.4) is 0 Å². The minimum Gasteiger partial charge on any atom is -0.369 e. The van der Waals surface area contributed by atoms with E-state index in [1.54, 1.807) is 22.8 Å². The fourth-order valence-corrected chi connectivity index (χ4v) is 1.89. The number of carbonyl (C=O) groups excluding carboxylic acids is 1. The van der Waals surface area contributed by atoms with Gasteiger partial charge in [0.1, 0.15) is 6.54 Å². The third kappa shape index (κ3) is 2.65. The van der Waals surface area contributed by atoms with Crippen molar-refractivity contribution < 1.29 is 4.79 Å². The second-order valence-electron chi connectivity index (χ2n) is 4.59. The maximum absolute atomic E-state index is 11.8. The van der Waals surface area contributed by atoms with E-state index < -0.39 is 0 Å². The molecule has 0 atom stereocenters. The number of nitrogens with zero attached hydrogens (tertiary/aromatic N) is 3. The Morgan fingerprint density at radius 1 is 1.58 bits per heavy atom. The van der Waals surface area contributed by atoms with Crippen molar-refractivity contribution in [3.63, 3.8) is 0 Å². The van der Waals surface area contributed by atoms with Crippen molar-refractivity contribution in [2.45, 2.75) is 26.4 Å². The molecule has 6 heteroatoms. The topological polar surface area (TPSA) is 96.7 Å². The summed E-state index contributed by atoms with van der Waals surface area (Å²) in [5.74, 6) is 0.132. The number of fused-ring (bicyclic) bond motifs is 1. The summed E-state index contributed by atoms with van der Waals surface area (Å²) in [6, 6.07) is 7.21. The number of nitrogen functional groups attached to an aromatic ring is 1. The van der Waals surface area contributed by atoms with E-state index >= 15 is 0 Å². The highest BCUT2D eigenvalue weighted by Crippen LogP contribution is 2.19. The third-order valence-corrected chi connectivity index (χ3v) is 2.66. The van der Waals surface area contributed by atoms with Crippen molar-refractivity contribution in [2.75, 3.05) is 5.73 Å². The molecule has 0 saturated heterocycles. The van der Waals surface area contributed by atoms with Crippen molar-refractivity contribution >= 4 is 22.9 Å². The zero-order chi connectivity index (χ0) is 14.0. The highest BCUT2D eigenvalue weighted by atomic mass is 16.2. The first-order chi connectivity index (χ1) is 9.01. The number of anilines is 1. The molecule has 2 aromatic rings. The summed E-state index contributed by atoms with van der Waals surface area (Å²) < 4.78 is 1.61. The van der Waals surface area contributed by atoms with Crippen LogP contribution >= 0.6 is 0 Å². The average molecular weight is 257 g/mol. The molecule has 19 heavy (non-hydrogen) atoms. The van der Waals surface area contributed by atoms with Gasteiger partial charge in [0.25, 0.3) is 0 Å². The molecule has 0 aliphatic rings. The largest absolute Gasteiger partial charge is 0.369 e. The first kappa shape index (κ1) is 12.9. The van der Waals surface area contributed by atoms with Gasteiger partial charge >= 0.3 is 0 Å². The van der Waals surface area contributed by atoms with Gasteiger partial charge in [-0.2, -0.15) is 5.26 Å². The fourth-order valence-electron chi connectivity index (χ4n) is 1.89. The summed E-state index contributed by atoms with van der Waals surface area (Å²) in [6.07, 6.45) is 0. The van der Waals surface area contributed by atoms with E-state index in [9.17, 15) is 4.79 Å². The highest BCUT2D eigenvalue weighted by molar-refractivity contribution is 5.83. The monoisotopic (exact) mass is 257 g/mol. The fraction of sp³-hybridized carbons (Fsp3) is 0.308. The lowest BCUT2D eigenvalue weighted by Crippen LogP contribution is -2.33. The van der Waals surface area contributed by atoms with E-state index in [1.165, 1.54) is 0 Å². The van der Waals surface area contributed by atoms with Crippen LogP contribution in [0, 0.1) is 11.3 Å². The van der Waals surface area contributed by atoms with Gasteiger partial charge in [-0.05, 0) is 32.0 Å². The number of rotatable bonds is 3. The van der Waals surface area contributed by atoms with E-state index in [4.69, 9.17) is 11.0 Å². The molecule has 1 amide bonds. The molecule has 98 valence electrons. The van der Waals surface area contributed by atoms with Crippen LogP contribution in [0.15, 0.2) is 18.2 Å². The molecule has 3 N–H and O–H groups in total. The van der Waals surface area contributed by atoms with E-state index in [2.05, 4.69) is 16.4 Å². The molecule has 0 fully saturated rings. The summed E-state index contributed by atoms with van der Waals surface area (Å²) in [5, 5.41) is 11.7. The number of imidazole rings is 1. The first-order valence-corrected chi connectivity index (χ1v) is 5.96. The number of nitrogens with one attached hydrogen (secondary N) is 1. The molecule has 0 aliphatic heterocycles. The summed E-state index contributed by atoms with van der Waals surface area (Å²) in [5.41, 5.74) is 7.69. The van der Waals surface area contributed by atoms with Gasteiger partial charge in [0, 0.05) is 6.04 Å². The number of benzene rings is 1. The molecule has 0 bridgehead atoms. The number of amides is 1. The van der Waals surface area contributed by atoms with Crippen molar-refractivity contribution in [3.8, 4) is 6.07 Å². The van der Waals surface area contributed by atoms with Gasteiger partial charge in [-0.15, -0.1) is 0 Å². The van der Waals surface area contributed by atoms with Crippen molar-refractivity contribution in [1.82, 2.24) is 14.9 Å². The Morgan fingerprint density at radius 2 is 2.32 bits per heavy atom. The van der Waals surface area contributed by atoms with Gasteiger partial charge in [-0.1, -0.05) is 0 Å². The van der Waals surface area contributed by atoms with Crippen LogP contribution in [0.2, 0.25) is 0 Å². The van der Waals surface area contributed by atoms with Crippen LogP contribution in [-0.2, 0) is 11.3 Å². The molecular formula is C13H15N5O. The molecular weight excluding hydrogens is 242 g/mol. The van der Waals surface area contributed by atoms with Gasteiger partial charge in [0.15, 0.2) is 0 Å². The Balaban J connectivity index is 2.39. The zero-order valence-electron chi connectivity index (χ0n) is 10.8. The molecule has 1 aromatic heterocycles. The Morgan fingerprint density at radius 3 is 2.95 bits per heavy atom. The minimum atomic E-state index is -0.136. The van der Waals surface area contributed by atoms with Gasteiger partial charge in [0.05, 0.1) is 22.7 Å². The second-order valence-corrected chi connectivity index (χ2v) is 4.59. The van der Waals surface area contributed by atoms with E-state index in [1.807, 2.05) is 13.8 Å². The maximum Gasteiger partial charge on any atom is 0.240 e. The Hall–Kier alpha value is -2.55. The smallest absolute Gasteiger partial charge is 0.240 e. The van der Waals surface area contributed by atoms with Crippen LogP contribution in [0.25, 0.3) is 11.0 Å². The van der Waals surface area contributed by atoms with Crippen molar-refractivity contribution in [2.24, 2.45) is 0 Å². The summed E-state index contributed by atoms with van der Waals surface area (Å²) in [7, 11) is 0. The Labute approximate surface area is 110 Å². The van der Waals surface area contributed by atoms with Crippen molar-refractivity contribution in [3.05, 3.63) is 23.8 Å². The molecule has 2 rings (SSSR count). The molecule has 1 heterocycles. The predicted octanol–water partition coefficient (Wildman–Crippen LogP) is 1.01. The second kappa shape index (κ2) is 4.98. The lowest BCUT2D eigenvalue weighted by Gasteiger charge is -2.10. The maximum atomic E-state index is 11.8. The normalized spacial score (nSPS) is 10.6. The SMILES string of the molecule is CC(C)NC(=O)Cn1c(N)nc2ccc(C#N)cc21. The van der Waals surface area contributed by atoms with E-state index in [0.29, 0.717) is 16.6 Å². The van der Waals surface area contributed by atoms with Crippen LogP contribution in [0.4, 0.5) is 5.95 Å². The van der Waals surface area contributed by atoms with Gasteiger partial charge in [0.2, 0.25) is 11.9 Å². The summed E-state index contributed by atoms with van der Waals surface area (Å²) >= 11 is 0. The highest BCUT2D eigenvalue weighted by Gasteiger charge is 2.12. The number of hydrogen-bond acceptors (Lipinski definition) is 4. The predicted molar refractivity (Wildman–Crippen MR) is 72.1 cm³/mol. The van der Waals surface area contributed by atoms with Crippen molar-refractivity contribution in [1.29, 1.82) is 5.26 Å². The van der Waals surface area contributed by atoms with E-state index in [-0.39, 0.29) is 24.4 Å². The molecule has 0 spiro atoms. The number of nitrogens with two attached hydrogens (primary N) is 1.